The number of hydrogen-bond acceptors (Lipinski definition) is 2. The van der Waals surface area contributed by atoms with Gasteiger partial charge in [0, 0.05) is 6.07 Å². The van der Waals surface area contributed by atoms with Crippen LogP contribution >= 0.6 is 0 Å². The topological polar surface area (TPSA) is 21.3 Å². The third kappa shape index (κ3) is 4.19. The summed E-state index contributed by atoms with van der Waals surface area (Å²) in [5.41, 5.74) is 0.866. The molecule has 1 fully saturated rings. The fourth-order valence-electron chi connectivity index (χ4n) is 3.47. The molecular weight excluding hydrogens is 265 g/mol. The van der Waals surface area contributed by atoms with E-state index in [0.29, 0.717) is 23.5 Å². The first kappa shape index (κ1) is 16.3. The van der Waals surface area contributed by atoms with Crippen molar-refractivity contribution in [3.05, 3.63) is 29.6 Å². The van der Waals surface area contributed by atoms with E-state index in [-0.39, 0.29) is 5.82 Å². The third-order valence-electron chi connectivity index (χ3n) is 4.70. The van der Waals surface area contributed by atoms with Gasteiger partial charge in [-0.3, -0.25) is 0 Å². The van der Waals surface area contributed by atoms with E-state index in [1.807, 2.05) is 12.1 Å². The Morgan fingerprint density at radius 2 is 2.14 bits per heavy atom. The molecule has 3 heteroatoms. The molecule has 0 amide bonds. The van der Waals surface area contributed by atoms with E-state index < -0.39 is 0 Å². The van der Waals surface area contributed by atoms with Crippen LogP contribution in [0.4, 0.5) is 4.39 Å². The molecule has 0 aromatic heterocycles. The molecule has 21 heavy (non-hydrogen) atoms. The molecule has 1 aliphatic carbocycles. The van der Waals surface area contributed by atoms with Gasteiger partial charge < -0.3 is 10.1 Å². The second-order valence-electron chi connectivity index (χ2n) is 6.38. The van der Waals surface area contributed by atoms with Gasteiger partial charge in [-0.15, -0.1) is 0 Å². The summed E-state index contributed by atoms with van der Waals surface area (Å²) in [5.74, 6) is 2.02. The first-order valence-corrected chi connectivity index (χ1v) is 8.19. The molecule has 1 aliphatic rings. The summed E-state index contributed by atoms with van der Waals surface area (Å²) in [5, 5.41) is 3.51. The Hall–Kier alpha value is -1.09. The Kier molecular flexibility index (Phi) is 6.04. The molecule has 0 heterocycles. The fraction of sp³-hybridized carbons (Fsp3) is 0.667. The summed E-state index contributed by atoms with van der Waals surface area (Å²) >= 11 is 0. The molecule has 2 rings (SSSR count). The second kappa shape index (κ2) is 7.79. The molecule has 0 spiro atoms. The molecule has 1 aromatic carbocycles. The van der Waals surface area contributed by atoms with Gasteiger partial charge in [-0.05, 0) is 61.7 Å². The summed E-state index contributed by atoms with van der Waals surface area (Å²) in [6.45, 7) is 6.50. The van der Waals surface area contributed by atoms with Gasteiger partial charge in [0.05, 0.1) is 7.11 Å². The van der Waals surface area contributed by atoms with Gasteiger partial charge in [0.25, 0.3) is 0 Å². The highest BCUT2D eigenvalue weighted by Crippen LogP contribution is 2.41. The monoisotopic (exact) mass is 293 g/mol. The van der Waals surface area contributed by atoms with Crippen LogP contribution in [0.5, 0.6) is 5.75 Å². The lowest BCUT2D eigenvalue weighted by molar-refractivity contribution is 0.238. The van der Waals surface area contributed by atoms with E-state index in [0.717, 1.165) is 31.5 Å². The summed E-state index contributed by atoms with van der Waals surface area (Å²) in [6.07, 6.45) is 4.67. The SMILES string of the molecule is CCCNCC1CCC(C)CC1c1ccc(OC)cc1F. The molecule has 3 unspecified atom stereocenters. The zero-order valence-corrected chi connectivity index (χ0v) is 13.5. The summed E-state index contributed by atoms with van der Waals surface area (Å²) < 4.78 is 19.5. The molecule has 2 nitrogen and oxygen atoms in total. The van der Waals surface area contributed by atoms with Crippen LogP contribution in [0.1, 0.15) is 51.0 Å². The minimum atomic E-state index is -0.117. The molecule has 1 saturated carbocycles. The Bertz CT molecular complexity index is 449. The lowest BCUT2D eigenvalue weighted by atomic mass is 9.71. The standard InChI is InChI=1S/C18H28FNO/c1-4-9-20-12-14-6-5-13(2)10-17(14)16-8-7-15(21-3)11-18(16)19/h7-8,11,13-14,17,20H,4-6,9-10,12H2,1-3H3. The predicted molar refractivity (Wildman–Crippen MR) is 85.4 cm³/mol. The van der Waals surface area contributed by atoms with Crippen LogP contribution in [0, 0.1) is 17.7 Å². The molecule has 118 valence electrons. The second-order valence-corrected chi connectivity index (χ2v) is 6.38. The van der Waals surface area contributed by atoms with Crippen molar-refractivity contribution < 1.29 is 9.13 Å². The van der Waals surface area contributed by atoms with Gasteiger partial charge in [-0.2, -0.15) is 0 Å². The lowest BCUT2D eigenvalue weighted by Crippen LogP contribution is -2.32. The van der Waals surface area contributed by atoms with E-state index in [9.17, 15) is 4.39 Å². The molecule has 0 radical (unpaired) electrons. The Balaban J connectivity index is 2.15. The van der Waals surface area contributed by atoms with Gasteiger partial charge in [0.2, 0.25) is 0 Å². The summed E-state index contributed by atoms with van der Waals surface area (Å²) in [7, 11) is 1.58. The van der Waals surface area contributed by atoms with E-state index in [4.69, 9.17) is 4.74 Å². The van der Waals surface area contributed by atoms with Crippen LogP contribution in [0.2, 0.25) is 0 Å². The molecule has 3 atom stereocenters. The van der Waals surface area contributed by atoms with Crippen LogP contribution in [0.3, 0.4) is 0 Å². The van der Waals surface area contributed by atoms with E-state index >= 15 is 0 Å². The zero-order valence-electron chi connectivity index (χ0n) is 13.5. The minimum absolute atomic E-state index is 0.117. The Labute approximate surface area is 128 Å². The smallest absolute Gasteiger partial charge is 0.130 e. The number of hydrogen-bond donors (Lipinski definition) is 1. The highest BCUT2D eigenvalue weighted by Gasteiger charge is 2.31. The average Bonchev–Trinajstić information content (AvgIpc) is 2.49. The first-order valence-electron chi connectivity index (χ1n) is 8.19. The molecule has 0 bridgehead atoms. The van der Waals surface area contributed by atoms with Gasteiger partial charge in [0.15, 0.2) is 0 Å². The Morgan fingerprint density at radius 1 is 1.33 bits per heavy atom. The van der Waals surface area contributed by atoms with Crippen molar-refractivity contribution in [2.45, 2.75) is 45.4 Å². The van der Waals surface area contributed by atoms with Crippen LogP contribution < -0.4 is 10.1 Å². The van der Waals surface area contributed by atoms with E-state index in [1.165, 1.54) is 18.9 Å². The van der Waals surface area contributed by atoms with Gasteiger partial charge in [-0.25, -0.2) is 4.39 Å². The number of nitrogens with one attached hydrogen (secondary N) is 1. The molecule has 1 N–H and O–H groups in total. The quantitative estimate of drug-likeness (QED) is 0.787. The highest BCUT2D eigenvalue weighted by atomic mass is 19.1. The van der Waals surface area contributed by atoms with Gasteiger partial charge >= 0.3 is 0 Å². The third-order valence-corrected chi connectivity index (χ3v) is 4.70. The molecular formula is C18H28FNO. The van der Waals surface area contributed by atoms with Crippen molar-refractivity contribution in [2.24, 2.45) is 11.8 Å². The first-order chi connectivity index (χ1) is 10.2. The lowest BCUT2D eigenvalue weighted by Gasteiger charge is -2.35. The number of halogens is 1. The molecule has 1 aromatic rings. The van der Waals surface area contributed by atoms with Crippen LogP contribution in [0.25, 0.3) is 0 Å². The number of rotatable bonds is 6. The van der Waals surface area contributed by atoms with Gasteiger partial charge in [-0.1, -0.05) is 26.3 Å². The number of ether oxygens (including phenoxy) is 1. The Morgan fingerprint density at radius 3 is 2.81 bits per heavy atom. The van der Waals surface area contributed by atoms with Crippen LogP contribution in [-0.2, 0) is 0 Å². The van der Waals surface area contributed by atoms with Crippen molar-refractivity contribution in [1.29, 1.82) is 0 Å². The maximum absolute atomic E-state index is 14.4. The van der Waals surface area contributed by atoms with Crippen LogP contribution in [0.15, 0.2) is 18.2 Å². The average molecular weight is 293 g/mol. The predicted octanol–water partition coefficient (Wildman–Crippen LogP) is 4.35. The van der Waals surface area contributed by atoms with E-state index in [2.05, 4.69) is 19.2 Å². The van der Waals surface area contributed by atoms with E-state index in [1.54, 1.807) is 7.11 Å². The van der Waals surface area contributed by atoms with Crippen molar-refractivity contribution in [3.63, 3.8) is 0 Å². The molecule has 0 saturated heterocycles. The van der Waals surface area contributed by atoms with Crippen molar-refractivity contribution in [3.8, 4) is 5.75 Å². The van der Waals surface area contributed by atoms with Crippen LogP contribution in [-0.4, -0.2) is 20.2 Å². The normalized spacial score (nSPS) is 25.8. The number of benzene rings is 1. The summed E-state index contributed by atoms with van der Waals surface area (Å²) in [6, 6.07) is 5.32. The summed E-state index contributed by atoms with van der Waals surface area (Å²) in [4.78, 5) is 0. The van der Waals surface area contributed by atoms with Crippen molar-refractivity contribution in [2.75, 3.05) is 20.2 Å². The van der Waals surface area contributed by atoms with Gasteiger partial charge in [0.1, 0.15) is 11.6 Å². The van der Waals surface area contributed by atoms with Crippen molar-refractivity contribution in [1.82, 2.24) is 5.32 Å². The maximum Gasteiger partial charge on any atom is 0.130 e. The zero-order chi connectivity index (χ0) is 15.2. The van der Waals surface area contributed by atoms with Crippen molar-refractivity contribution >= 4 is 0 Å². The maximum atomic E-state index is 14.4. The highest BCUT2D eigenvalue weighted by molar-refractivity contribution is 5.32. The fourth-order valence-corrected chi connectivity index (χ4v) is 3.47. The largest absolute Gasteiger partial charge is 0.497 e. The number of methoxy groups -OCH3 is 1. The minimum Gasteiger partial charge on any atom is -0.497 e. The molecule has 0 aliphatic heterocycles.